The van der Waals surface area contributed by atoms with Gasteiger partial charge >= 0.3 is 12.3 Å². The Balaban J connectivity index is 1.21. The Morgan fingerprint density at radius 2 is 1.79 bits per heavy atom. The SMILES string of the molecule is O=C(O)C1(S(=O)(=O)N2CCC(CCCCc3nc(-c4ccc(OC(F)(F)F)cc4)no3)CC2)CCOCC1. The van der Waals surface area contributed by atoms with Gasteiger partial charge in [-0.1, -0.05) is 18.0 Å². The average molecular weight is 562 g/mol. The number of carboxylic acid groups (broad SMARTS) is 1. The van der Waals surface area contributed by atoms with Gasteiger partial charge in [0.25, 0.3) is 0 Å². The van der Waals surface area contributed by atoms with Gasteiger partial charge in [-0.05, 0) is 49.4 Å². The molecule has 10 nitrogen and oxygen atoms in total. The molecule has 1 aromatic heterocycles. The van der Waals surface area contributed by atoms with E-state index in [-0.39, 0.29) is 37.6 Å². The normalized spacial score (nSPS) is 19.3. The molecule has 38 heavy (non-hydrogen) atoms. The second-order valence-corrected chi connectivity index (χ2v) is 11.8. The van der Waals surface area contributed by atoms with Crippen LogP contribution in [0.1, 0.15) is 50.8 Å². The third-order valence-electron chi connectivity index (χ3n) is 7.16. The molecular weight excluding hydrogens is 531 g/mol. The third-order valence-corrected chi connectivity index (χ3v) is 9.78. The number of alkyl halides is 3. The number of aryl methyl sites for hydroxylation is 1. The highest BCUT2D eigenvalue weighted by Crippen LogP contribution is 2.35. The molecule has 1 N–H and O–H groups in total. The summed E-state index contributed by atoms with van der Waals surface area (Å²) in [4.78, 5) is 16.2. The van der Waals surface area contributed by atoms with Crippen LogP contribution in [0.5, 0.6) is 5.75 Å². The summed E-state index contributed by atoms with van der Waals surface area (Å²) in [7, 11) is -3.99. The van der Waals surface area contributed by atoms with E-state index < -0.39 is 27.1 Å². The van der Waals surface area contributed by atoms with E-state index in [1.54, 1.807) is 0 Å². The quantitative estimate of drug-likeness (QED) is 0.427. The molecule has 0 amide bonds. The van der Waals surface area contributed by atoms with Crippen molar-refractivity contribution in [2.24, 2.45) is 5.92 Å². The highest BCUT2D eigenvalue weighted by molar-refractivity contribution is 7.91. The van der Waals surface area contributed by atoms with E-state index in [2.05, 4.69) is 14.9 Å². The minimum Gasteiger partial charge on any atom is -0.480 e. The standard InChI is InChI=1S/C24H30F3N3O7S/c25-24(26,27)36-19-7-5-18(6-8-19)21-28-20(37-29-21)4-2-1-3-17-9-13-30(14-10-17)38(33,34)23(22(31)32)11-15-35-16-12-23/h5-8,17H,1-4,9-16H2,(H,31,32). The number of unbranched alkanes of at least 4 members (excludes halogenated alkanes) is 1. The molecule has 0 aliphatic carbocycles. The molecule has 2 aliphatic rings. The van der Waals surface area contributed by atoms with Gasteiger partial charge in [-0.15, -0.1) is 13.2 Å². The van der Waals surface area contributed by atoms with Gasteiger partial charge in [-0.2, -0.15) is 4.98 Å². The zero-order valence-electron chi connectivity index (χ0n) is 20.7. The Hall–Kier alpha value is -2.71. The minimum atomic E-state index is -4.76. The molecule has 0 saturated carbocycles. The van der Waals surface area contributed by atoms with Crippen molar-refractivity contribution < 1.29 is 45.5 Å². The topological polar surface area (TPSA) is 132 Å². The lowest BCUT2D eigenvalue weighted by Gasteiger charge is -2.39. The van der Waals surface area contributed by atoms with Crippen LogP contribution in [0.3, 0.4) is 0 Å². The van der Waals surface area contributed by atoms with Gasteiger partial charge in [0, 0.05) is 51.1 Å². The number of ether oxygens (including phenoxy) is 2. The van der Waals surface area contributed by atoms with Crippen molar-refractivity contribution in [3.63, 3.8) is 0 Å². The number of rotatable bonds is 10. The maximum atomic E-state index is 13.2. The van der Waals surface area contributed by atoms with Crippen molar-refractivity contribution in [3.8, 4) is 17.1 Å². The molecule has 2 saturated heterocycles. The lowest BCUT2D eigenvalue weighted by atomic mass is 9.92. The lowest BCUT2D eigenvalue weighted by molar-refractivity contribution is -0.274. The number of benzene rings is 1. The summed E-state index contributed by atoms with van der Waals surface area (Å²) in [6.07, 6.45) is -0.417. The minimum absolute atomic E-state index is 0.0419. The fourth-order valence-electron chi connectivity index (χ4n) is 4.96. The first-order valence-electron chi connectivity index (χ1n) is 12.5. The molecule has 0 bridgehead atoms. The van der Waals surface area contributed by atoms with Crippen molar-refractivity contribution in [1.82, 2.24) is 14.4 Å². The first-order chi connectivity index (χ1) is 18.0. The van der Waals surface area contributed by atoms with Crippen LogP contribution in [0.25, 0.3) is 11.4 Å². The third kappa shape index (κ3) is 6.46. The molecule has 210 valence electrons. The number of sulfonamides is 1. The molecule has 1 aromatic carbocycles. The van der Waals surface area contributed by atoms with Gasteiger partial charge in [0.15, 0.2) is 4.75 Å². The number of carboxylic acids is 1. The average Bonchev–Trinajstić information content (AvgIpc) is 3.35. The zero-order valence-corrected chi connectivity index (χ0v) is 21.5. The predicted octanol–water partition coefficient (Wildman–Crippen LogP) is 4.02. The number of carbonyl (C=O) groups is 1. The molecule has 2 aromatic rings. The second-order valence-electron chi connectivity index (χ2n) is 9.59. The number of aromatic nitrogens is 2. The summed E-state index contributed by atoms with van der Waals surface area (Å²) >= 11 is 0. The van der Waals surface area contributed by atoms with E-state index in [0.717, 1.165) is 19.3 Å². The lowest BCUT2D eigenvalue weighted by Crippen LogP contribution is -2.57. The summed E-state index contributed by atoms with van der Waals surface area (Å²) < 4.78 is 77.2. The van der Waals surface area contributed by atoms with Gasteiger partial charge in [0.2, 0.25) is 21.7 Å². The van der Waals surface area contributed by atoms with Crippen LogP contribution in [0, 0.1) is 5.92 Å². The monoisotopic (exact) mass is 561 g/mol. The Morgan fingerprint density at radius 1 is 1.13 bits per heavy atom. The molecule has 2 fully saturated rings. The van der Waals surface area contributed by atoms with Crippen LogP contribution in [-0.4, -0.2) is 71.4 Å². The van der Waals surface area contributed by atoms with Crippen molar-refractivity contribution in [1.29, 1.82) is 0 Å². The first-order valence-corrected chi connectivity index (χ1v) is 13.9. The molecule has 14 heteroatoms. The van der Waals surface area contributed by atoms with Gasteiger partial charge in [0.05, 0.1) is 0 Å². The van der Waals surface area contributed by atoms with Crippen LogP contribution in [-0.2, 0) is 26.0 Å². The zero-order chi connectivity index (χ0) is 27.4. The fraction of sp³-hybridized carbons (Fsp3) is 0.625. The predicted molar refractivity (Wildman–Crippen MR) is 128 cm³/mol. The van der Waals surface area contributed by atoms with Gasteiger partial charge in [-0.25, -0.2) is 12.7 Å². The van der Waals surface area contributed by atoms with Crippen LogP contribution in [0.4, 0.5) is 13.2 Å². The maximum absolute atomic E-state index is 13.2. The van der Waals surface area contributed by atoms with E-state index >= 15 is 0 Å². The number of halogens is 3. The number of nitrogens with zero attached hydrogens (tertiary/aromatic N) is 3. The number of aliphatic carboxylic acids is 1. The first kappa shape index (κ1) is 28.3. The van der Waals surface area contributed by atoms with Gasteiger partial charge in [-0.3, -0.25) is 4.79 Å². The van der Waals surface area contributed by atoms with E-state index in [1.165, 1.54) is 28.6 Å². The Morgan fingerprint density at radius 3 is 2.39 bits per heavy atom. The van der Waals surface area contributed by atoms with Crippen molar-refractivity contribution >= 4 is 16.0 Å². The van der Waals surface area contributed by atoms with Crippen LogP contribution in [0.15, 0.2) is 28.8 Å². The smallest absolute Gasteiger partial charge is 0.480 e. The molecule has 3 heterocycles. The highest BCUT2D eigenvalue weighted by Gasteiger charge is 2.54. The maximum Gasteiger partial charge on any atom is 0.573 e. The highest BCUT2D eigenvalue weighted by atomic mass is 32.2. The Kier molecular flexibility index (Phi) is 8.62. The van der Waals surface area contributed by atoms with Gasteiger partial charge < -0.3 is 19.1 Å². The molecule has 0 radical (unpaired) electrons. The van der Waals surface area contributed by atoms with Crippen LogP contribution >= 0.6 is 0 Å². The second kappa shape index (κ2) is 11.6. The molecular formula is C24H30F3N3O7S. The van der Waals surface area contributed by atoms with E-state index in [1.807, 2.05) is 0 Å². The Labute approximate surface area is 218 Å². The summed E-state index contributed by atoms with van der Waals surface area (Å²) in [5.74, 6) is -0.603. The van der Waals surface area contributed by atoms with E-state index in [0.29, 0.717) is 49.7 Å². The molecule has 0 atom stereocenters. The van der Waals surface area contributed by atoms with Crippen LogP contribution < -0.4 is 4.74 Å². The summed E-state index contributed by atoms with van der Waals surface area (Å²) in [5, 5.41) is 13.6. The summed E-state index contributed by atoms with van der Waals surface area (Å²) in [6, 6.07) is 5.20. The van der Waals surface area contributed by atoms with Crippen molar-refractivity contribution in [2.75, 3.05) is 26.3 Å². The summed E-state index contributed by atoms with van der Waals surface area (Å²) in [5.41, 5.74) is 0.502. The van der Waals surface area contributed by atoms with Crippen LogP contribution in [0.2, 0.25) is 0 Å². The van der Waals surface area contributed by atoms with Crippen molar-refractivity contribution in [2.45, 2.75) is 62.5 Å². The molecule has 2 aliphatic heterocycles. The number of hydrogen-bond acceptors (Lipinski definition) is 8. The largest absolute Gasteiger partial charge is 0.573 e. The van der Waals surface area contributed by atoms with E-state index in [9.17, 15) is 31.5 Å². The van der Waals surface area contributed by atoms with E-state index in [4.69, 9.17) is 9.26 Å². The molecule has 0 unspecified atom stereocenters. The summed E-state index contributed by atoms with van der Waals surface area (Å²) in [6.45, 7) is 0.852. The number of hydrogen-bond donors (Lipinski definition) is 1. The van der Waals surface area contributed by atoms with Gasteiger partial charge in [0.1, 0.15) is 5.75 Å². The molecule has 4 rings (SSSR count). The Bertz CT molecular complexity index is 1190. The number of piperidine rings is 1. The molecule has 0 spiro atoms. The van der Waals surface area contributed by atoms with Crippen molar-refractivity contribution in [3.05, 3.63) is 30.2 Å². The fourth-order valence-corrected chi connectivity index (χ4v) is 7.05.